The Labute approximate surface area is 177 Å². The molecule has 0 fully saturated rings. The first-order valence-corrected chi connectivity index (χ1v) is 9.60. The van der Waals surface area contributed by atoms with Gasteiger partial charge in [0.15, 0.2) is 0 Å². The number of nitrogens with one attached hydrogen (secondary N) is 2. The third-order valence-electron chi connectivity index (χ3n) is 4.76. The van der Waals surface area contributed by atoms with Gasteiger partial charge in [0.25, 0.3) is 5.91 Å². The predicted molar refractivity (Wildman–Crippen MR) is 117 cm³/mol. The van der Waals surface area contributed by atoms with Crippen LogP contribution in [0.3, 0.4) is 0 Å². The van der Waals surface area contributed by atoms with Crippen molar-refractivity contribution in [2.75, 3.05) is 10.6 Å². The molecule has 4 heterocycles. The van der Waals surface area contributed by atoms with E-state index < -0.39 is 0 Å². The van der Waals surface area contributed by atoms with Crippen LogP contribution >= 0.6 is 0 Å². The van der Waals surface area contributed by atoms with Crippen molar-refractivity contribution in [2.45, 2.75) is 6.92 Å². The molecule has 5 rings (SSSR count). The summed E-state index contributed by atoms with van der Waals surface area (Å²) in [5, 5.41) is 6.17. The number of benzene rings is 1. The molecular weight excluding hydrogens is 392 g/mol. The predicted octanol–water partition coefficient (Wildman–Crippen LogP) is 3.61. The van der Waals surface area contributed by atoms with Crippen molar-refractivity contribution in [2.24, 2.45) is 0 Å². The van der Waals surface area contributed by atoms with Crippen molar-refractivity contribution in [3.63, 3.8) is 0 Å². The summed E-state index contributed by atoms with van der Waals surface area (Å²) in [6.07, 6.45) is 8.50. The summed E-state index contributed by atoms with van der Waals surface area (Å²) in [5.41, 5.74) is 3.46. The molecule has 0 unspecified atom stereocenters. The largest absolute Gasteiger partial charge is 0.340 e. The summed E-state index contributed by atoms with van der Waals surface area (Å²) in [6.45, 7) is 1.83. The fraction of sp³-hybridized carbons (Fsp3) is 0.0455. The molecule has 0 aliphatic rings. The highest BCUT2D eigenvalue weighted by molar-refractivity contribution is 6.04. The minimum Gasteiger partial charge on any atom is -0.340 e. The van der Waals surface area contributed by atoms with E-state index in [0.717, 1.165) is 11.3 Å². The highest BCUT2D eigenvalue weighted by Gasteiger charge is 2.16. The van der Waals surface area contributed by atoms with Gasteiger partial charge >= 0.3 is 0 Å². The van der Waals surface area contributed by atoms with Gasteiger partial charge in [-0.3, -0.25) is 13.8 Å². The Hall–Kier alpha value is -4.53. The number of hydrogen-bond donors (Lipinski definition) is 2. The summed E-state index contributed by atoms with van der Waals surface area (Å²) < 4.78 is 3.58. The third-order valence-corrected chi connectivity index (χ3v) is 4.76. The monoisotopic (exact) mass is 410 g/mol. The average molecular weight is 410 g/mol. The molecule has 4 aromatic heterocycles. The number of nitrogens with zero attached hydrogens (tertiary/aromatic N) is 6. The first kappa shape index (κ1) is 18.5. The van der Waals surface area contributed by atoms with Gasteiger partial charge in [0, 0.05) is 36.0 Å². The van der Waals surface area contributed by atoms with Gasteiger partial charge in [-0.25, -0.2) is 19.9 Å². The molecule has 31 heavy (non-hydrogen) atoms. The first-order valence-electron chi connectivity index (χ1n) is 9.60. The van der Waals surface area contributed by atoms with Crippen LogP contribution in [-0.4, -0.2) is 34.8 Å². The summed E-state index contributed by atoms with van der Waals surface area (Å²) in [5.74, 6) is 1.15. The Balaban J connectivity index is 1.31. The van der Waals surface area contributed by atoms with Gasteiger partial charge in [-0.1, -0.05) is 6.07 Å². The highest BCUT2D eigenvalue weighted by atomic mass is 16.2. The summed E-state index contributed by atoms with van der Waals surface area (Å²) in [6, 6.07) is 14.9. The van der Waals surface area contributed by atoms with E-state index in [2.05, 4.69) is 30.6 Å². The van der Waals surface area contributed by atoms with Crippen molar-refractivity contribution < 1.29 is 4.79 Å². The molecule has 9 nitrogen and oxygen atoms in total. The lowest BCUT2D eigenvalue weighted by Gasteiger charge is -2.09. The van der Waals surface area contributed by atoms with Gasteiger partial charge in [-0.05, 0) is 43.3 Å². The lowest BCUT2D eigenvalue weighted by Crippen LogP contribution is -2.15. The zero-order valence-corrected chi connectivity index (χ0v) is 16.6. The van der Waals surface area contributed by atoms with E-state index >= 15 is 0 Å². The maximum atomic E-state index is 12.8. The van der Waals surface area contributed by atoms with E-state index in [1.165, 1.54) is 6.33 Å². The van der Waals surface area contributed by atoms with Crippen LogP contribution < -0.4 is 10.6 Å². The minimum atomic E-state index is -0.210. The van der Waals surface area contributed by atoms with Crippen LogP contribution in [0.5, 0.6) is 0 Å². The fourth-order valence-corrected chi connectivity index (χ4v) is 3.31. The Morgan fingerprint density at radius 2 is 1.84 bits per heavy atom. The first-order chi connectivity index (χ1) is 15.2. The van der Waals surface area contributed by atoms with Crippen LogP contribution in [-0.2, 0) is 0 Å². The molecule has 0 spiro atoms. The van der Waals surface area contributed by atoms with Gasteiger partial charge in [0.1, 0.15) is 35.6 Å². The molecular formula is C22H18N8O. The molecule has 5 aromatic rings. The number of imidazole rings is 2. The van der Waals surface area contributed by atoms with E-state index in [1.54, 1.807) is 21.5 Å². The van der Waals surface area contributed by atoms with Crippen LogP contribution in [0.4, 0.5) is 17.2 Å². The Morgan fingerprint density at radius 3 is 2.65 bits per heavy atom. The summed E-state index contributed by atoms with van der Waals surface area (Å²) in [7, 11) is 0. The van der Waals surface area contributed by atoms with E-state index in [-0.39, 0.29) is 5.91 Å². The lowest BCUT2D eigenvalue weighted by atomic mass is 10.2. The maximum absolute atomic E-state index is 12.8. The number of fused-ring (bicyclic) bond motifs is 1. The smallest absolute Gasteiger partial charge is 0.274 e. The Morgan fingerprint density at radius 1 is 1.00 bits per heavy atom. The molecule has 0 atom stereocenters. The second-order valence-corrected chi connectivity index (χ2v) is 6.86. The van der Waals surface area contributed by atoms with Gasteiger partial charge < -0.3 is 10.6 Å². The molecule has 0 bridgehead atoms. The van der Waals surface area contributed by atoms with Crippen LogP contribution in [0.1, 0.15) is 16.2 Å². The fourth-order valence-electron chi connectivity index (χ4n) is 3.31. The molecule has 1 aromatic carbocycles. The number of carbonyl (C=O) groups excluding carboxylic acids is 1. The van der Waals surface area contributed by atoms with Crippen LogP contribution in [0.15, 0.2) is 79.8 Å². The number of rotatable bonds is 5. The number of amides is 1. The SMILES string of the molecule is Cc1nc2ccccn2c1C(=O)Nc1ccc(Nc2cc(-n3ccnc3)ncn2)cc1. The number of anilines is 3. The van der Waals surface area contributed by atoms with Crippen molar-refractivity contribution in [3.8, 4) is 5.82 Å². The zero-order valence-electron chi connectivity index (χ0n) is 16.6. The van der Waals surface area contributed by atoms with E-state index in [0.29, 0.717) is 28.7 Å². The molecule has 1 amide bonds. The van der Waals surface area contributed by atoms with Crippen molar-refractivity contribution in [3.05, 3.63) is 91.2 Å². The standard InChI is InChI=1S/C22H18N8O/c1-15-21(30-10-3-2-4-19(30)26-15)22(31)28-17-7-5-16(6-8-17)27-18-12-20(25-13-24-18)29-11-9-23-14-29/h2-14H,1H3,(H,28,31)(H,24,25,27). The van der Waals surface area contributed by atoms with E-state index in [9.17, 15) is 4.79 Å². The van der Waals surface area contributed by atoms with Crippen molar-refractivity contribution in [1.82, 2.24) is 28.9 Å². The molecule has 0 radical (unpaired) electrons. The summed E-state index contributed by atoms with van der Waals surface area (Å²) in [4.78, 5) is 29.8. The average Bonchev–Trinajstić information content (AvgIpc) is 3.42. The van der Waals surface area contributed by atoms with Crippen LogP contribution in [0.2, 0.25) is 0 Å². The molecule has 0 aliphatic heterocycles. The normalized spacial score (nSPS) is 10.9. The Kier molecular flexibility index (Phi) is 4.60. The van der Waals surface area contributed by atoms with Crippen LogP contribution in [0, 0.1) is 6.92 Å². The number of aromatic nitrogens is 6. The molecule has 152 valence electrons. The van der Waals surface area contributed by atoms with Gasteiger partial charge in [-0.2, -0.15) is 0 Å². The molecule has 0 aliphatic carbocycles. The highest BCUT2D eigenvalue weighted by Crippen LogP contribution is 2.20. The second-order valence-electron chi connectivity index (χ2n) is 6.86. The summed E-state index contributed by atoms with van der Waals surface area (Å²) >= 11 is 0. The topological polar surface area (TPSA) is 102 Å². The molecule has 0 saturated carbocycles. The van der Waals surface area contributed by atoms with Gasteiger partial charge in [-0.15, -0.1) is 0 Å². The van der Waals surface area contributed by atoms with Crippen LogP contribution in [0.25, 0.3) is 11.5 Å². The van der Waals surface area contributed by atoms with Gasteiger partial charge in [0.2, 0.25) is 0 Å². The maximum Gasteiger partial charge on any atom is 0.274 e. The number of pyridine rings is 1. The third kappa shape index (κ3) is 3.71. The number of carbonyl (C=O) groups is 1. The minimum absolute atomic E-state index is 0.210. The zero-order chi connectivity index (χ0) is 21.2. The lowest BCUT2D eigenvalue weighted by molar-refractivity contribution is 0.102. The number of aryl methyl sites for hydroxylation is 1. The molecule has 0 saturated heterocycles. The molecule has 2 N–H and O–H groups in total. The Bertz CT molecular complexity index is 1360. The van der Waals surface area contributed by atoms with Crippen molar-refractivity contribution in [1.29, 1.82) is 0 Å². The molecule has 9 heteroatoms. The van der Waals surface area contributed by atoms with Crippen molar-refractivity contribution >= 4 is 28.7 Å². The number of hydrogen-bond acceptors (Lipinski definition) is 6. The van der Waals surface area contributed by atoms with E-state index in [1.807, 2.05) is 67.8 Å². The van der Waals surface area contributed by atoms with Gasteiger partial charge in [0.05, 0.1) is 5.69 Å². The second kappa shape index (κ2) is 7.71. The quantitative estimate of drug-likeness (QED) is 0.459. The van der Waals surface area contributed by atoms with E-state index in [4.69, 9.17) is 0 Å².